The lowest BCUT2D eigenvalue weighted by atomic mass is 10.1. The van der Waals surface area contributed by atoms with Gasteiger partial charge in [0.25, 0.3) is 5.91 Å². The first-order valence-corrected chi connectivity index (χ1v) is 7.18. The molecule has 0 atom stereocenters. The van der Waals surface area contributed by atoms with E-state index in [1.54, 1.807) is 29.3 Å². The first-order valence-electron chi connectivity index (χ1n) is 7.18. The summed E-state index contributed by atoms with van der Waals surface area (Å²) < 4.78 is 0. The van der Waals surface area contributed by atoms with E-state index in [-0.39, 0.29) is 12.5 Å². The van der Waals surface area contributed by atoms with Crippen LogP contribution < -0.4 is 4.90 Å². The van der Waals surface area contributed by atoms with Gasteiger partial charge in [-0.25, -0.2) is 0 Å². The molecule has 3 rings (SSSR count). The van der Waals surface area contributed by atoms with E-state index in [0.29, 0.717) is 29.8 Å². The number of azide groups is 2. The van der Waals surface area contributed by atoms with Gasteiger partial charge in [0.05, 0.1) is 17.9 Å². The van der Waals surface area contributed by atoms with Crippen molar-refractivity contribution in [2.45, 2.75) is 13.0 Å². The minimum Gasteiger partial charge on any atom is -0.306 e. The molecule has 1 aliphatic rings. The van der Waals surface area contributed by atoms with Crippen LogP contribution in [-0.4, -0.2) is 17.4 Å². The normalized spacial score (nSPS) is 12.1. The van der Waals surface area contributed by atoms with Crippen molar-refractivity contribution in [1.29, 1.82) is 0 Å². The van der Waals surface area contributed by atoms with E-state index in [9.17, 15) is 4.79 Å². The van der Waals surface area contributed by atoms with Crippen LogP contribution >= 0.6 is 0 Å². The van der Waals surface area contributed by atoms with Crippen LogP contribution in [0.25, 0.3) is 20.9 Å². The third-order valence-electron chi connectivity index (χ3n) is 3.68. The maximum Gasteiger partial charge on any atom is 0.258 e. The third kappa shape index (κ3) is 2.98. The fourth-order valence-corrected chi connectivity index (χ4v) is 2.68. The van der Waals surface area contributed by atoms with Crippen molar-refractivity contribution in [3.8, 4) is 0 Å². The molecule has 24 heavy (non-hydrogen) atoms. The highest BCUT2D eigenvalue weighted by molar-refractivity contribution is 6.07. The second-order valence-electron chi connectivity index (χ2n) is 5.14. The second-order valence-corrected chi connectivity index (χ2v) is 5.14. The van der Waals surface area contributed by atoms with Crippen LogP contribution in [0, 0.1) is 0 Å². The van der Waals surface area contributed by atoms with E-state index in [2.05, 4.69) is 25.0 Å². The Morgan fingerprint density at radius 3 is 2.96 bits per heavy atom. The maximum atomic E-state index is 12.9. The van der Waals surface area contributed by atoms with Crippen LogP contribution in [-0.2, 0) is 13.0 Å². The van der Waals surface area contributed by atoms with Gasteiger partial charge in [0, 0.05) is 40.2 Å². The summed E-state index contributed by atoms with van der Waals surface area (Å²) in [6, 6.07) is 8.39. The largest absolute Gasteiger partial charge is 0.306 e. The molecule has 0 aliphatic carbocycles. The molecular weight excluding hydrogens is 308 g/mol. The molecule has 0 N–H and O–H groups in total. The van der Waals surface area contributed by atoms with Crippen molar-refractivity contribution in [2.24, 2.45) is 10.2 Å². The molecule has 1 aromatic heterocycles. The smallest absolute Gasteiger partial charge is 0.258 e. The van der Waals surface area contributed by atoms with Crippen molar-refractivity contribution in [3.63, 3.8) is 0 Å². The fourth-order valence-electron chi connectivity index (χ4n) is 2.68. The Balaban J connectivity index is 1.99. The molecule has 118 valence electrons. The van der Waals surface area contributed by atoms with E-state index in [1.807, 2.05) is 6.07 Å². The van der Waals surface area contributed by atoms with E-state index in [0.717, 1.165) is 11.4 Å². The van der Waals surface area contributed by atoms with Crippen LogP contribution in [0.15, 0.2) is 46.8 Å². The Morgan fingerprint density at radius 1 is 1.29 bits per heavy atom. The lowest BCUT2D eigenvalue weighted by Crippen LogP contribution is -2.28. The quantitative estimate of drug-likeness (QED) is 0.478. The number of carbonyl (C=O) groups excluding carboxylic acids is 1. The molecule has 2 aromatic rings. The van der Waals surface area contributed by atoms with Crippen molar-refractivity contribution < 1.29 is 4.79 Å². The monoisotopic (exact) mass is 320 g/mol. The number of anilines is 1. The lowest BCUT2D eigenvalue weighted by molar-refractivity contribution is 0.0989. The molecule has 1 aliphatic heterocycles. The summed E-state index contributed by atoms with van der Waals surface area (Å²) in [6.07, 6.45) is 2.40. The van der Waals surface area contributed by atoms with E-state index in [4.69, 9.17) is 11.1 Å². The number of rotatable bonds is 4. The van der Waals surface area contributed by atoms with Gasteiger partial charge in [-0.15, -0.1) is 0 Å². The first-order chi connectivity index (χ1) is 11.7. The molecule has 9 nitrogen and oxygen atoms in total. The average Bonchev–Trinajstić information content (AvgIpc) is 3.03. The lowest BCUT2D eigenvalue weighted by Gasteiger charge is -2.17. The van der Waals surface area contributed by atoms with Gasteiger partial charge in [0.15, 0.2) is 0 Å². The summed E-state index contributed by atoms with van der Waals surface area (Å²) in [5.74, 6) is -0.209. The van der Waals surface area contributed by atoms with Gasteiger partial charge in [-0.05, 0) is 47.0 Å². The Morgan fingerprint density at radius 2 is 2.17 bits per heavy atom. The van der Waals surface area contributed by atoms with Gasteiger partial charge >= 0.3 is 0 Å². The SMILES string of the molecule is [N-]=[N+]=NCc1cc(N=[N+]=[N-])cc(C(=O)N2CCc3ncccc32)c1. The maximum absolute atomic E-state index is 12.9. The zero-order valence-corrected chi connectivity index (χ0v) is 12.6. The van der Waals surface area contributed by atoms with Gasteiger partial charge in [-0.1, -0.05) is 10.2 Å². The summed E-state index contributed by atoms with van der Waals surface area (Å²) in [5, 5.41) is 7.04. The minimum atomic E-state index is -0.209. The number of hydrogen-bond donors (Lipinski definition) is 0. The number of fused-ring (bicyclic) bond motifs is 1. The fraction of sp³-hybridized carbons (Fsp3) is 0.200. The minimum absolute atomic E-state index is 0.0731. The Bertz CT molecular complexity index is 896. The predicted octanol–water partition coefficient (Wildman–Crippen LogP) is 4.04. The summed E-state index contributed by atoms with van der Waals surface area (Å²) in [6.45, 7) is 0.617. The van der Waals surface area contributed by atoms with Crippen LogP contribution in [0.2, 0.25) is 0 Å². The average molecular weight is 320 g/mol. The number of pyridine rings is 1. The van der Waals surface area contributed by atoms with Crippen LogP contribution in [0.4, 0.5) is 11.4 Å². The standard InChI is InChI=1S/C15H12N8O/c16-21-19-9-10-6-11(8-12(7-10)20-22-17)15(24)23-5-3-13-14(23)2-1-4-18-13/h1-2,4,6-8H,3,5,9H2. The molecule has 0 fully saturated rings. The van der Waals surface area contributed by atoms with Gasteiger partial charge in [-0.2, -0.15) is 0 Å². The highest BCUT2D eigenvalue weighted by atomic mass is 16.2. The molecule has 0 spiro atoms. The molecular formula is C15H12N8O. The molecule has 9 heteroatoms. The zero-order chi connectivity index (χ0) is 16.9. The molecule has 0 unspecified atom stereocenters. The third-order valence-corrected chi connectivity index (χ3v) is 3.68. The van der Waals surface area contributed by atoms with E-state index >= 15 is 0 Å². The molecule has 1 aromatic carbocycles. The van der Waals surface area contributed by atoms with Crippen LogP contribution in [0.1, 0.15) is 21.6 Å². The Kier molecular flexibility index (Phi) is 4.29. The molecule has 2 heterocycles. The van der Waals surface area contributed by atoms with Gasteiger partial charge in [-0.3, -0.25) is 9.78 Å². The number of amides is 1. The number of carbonyl (C=O) groups is 1. The highest BCUT2D eigenvalue weighted by Crippen LogP contribution is 2.28. The van der Waals surface area contributed by atoms with Crippen molar-refractivity contribution in [3.05, 3.63) is 74.2 Å². The number of nitrogens with zero attached hydrogens (tertiary/aromatic N) is 8. The summed E-state index contributed by atoms with van der Waals surface area (Å²) in [5.41, 5.74) is 20.0. The number of benzene rings is 1. The second kappa shape index (κ2) is 6.70. The van der Waals surface area contributed by atoms with Gasteiger partial charge in [0.1, 0.15) is 0 Å². The van der Waals surface area contributed by atoms with Crippen molar-refractivity contribution in [2.75, 3.05) is 11.4 Å². The molecule has 0 bridgehead atoms. The van der Waals surface area contributed by atoms with Gasteiger partial charge in [0.2, 0.25) is 0 Å². The van der Waals surface area contributed by atoms with Crippen molar-refractivity contribution in [1.82, 2.24) is 4.98 Å². The molecule has 0 radical (unpaired) electrons. The molecule has 0 saturated heterocycles. The van der Waals surface area contributed by atoms with Crippen LogP contribution in [0.5, 0.6) is 0 Å². The van der Waals surface area contributed by atoms with Crippen molar-refractivity contribution >= 4 is 17.3 Å². The summed E-state index contributed by atoms with van der Waals surface area (Å²) >= 11 is 0. The van der Waals surface area contributed by atoms with E-state index < -0.39 is 0 Å². The number of aromatic nitrogens is 1. The van der Waals surface area contributed by atoms with E-state index in [1.165, 1.54) is 6.07 Å². The Labute approximate surface area is 136 Å². The first kappa shape index (κ1) is 15.4. The highest BCUT2D eigenvalue weighted by Gasteiger charge is 2.26. The summed E-state index contributed by atoms with van der Waals surface area (Å²) in [7, 11) is 0. The molecule has 1 amide bonds. The Hall–Kier alpha value is -3.54. The van der Waals surface area contributed by atoms with Gasteiger partial charge < -0.3 is 4.90 Å². The topological polar surface area (TPSA) is 131 Å². The molecule has 0 saturated carbocycles. The van der Waals surface area contributed by atoms with Crippen LogP contribution in [0.3, 0.4) is 0 Å². The number of hydrogen-bond acceptors (Lipinski definition) is 4. The zero-order valence-electron chi connectivity index (χ0n) is 12.6. The predicted molar refractivity (Wildman–Crippen MR) is 87.7 cm³/mol. The summed E-state index contributed by atoms with van der Waals surface area (Å²) in [4.78, 5) is 24.2.